The van der Waals surface area contributed by atoms with Gasteiger partial charge in [-0.2, -0.15) is 5.10 Å². The standard InChI is InChI=1S/C22H25FN6O/c1-2-24-22(26-15-21(30)28-20-10-5-9-19(23)13-20)25-14-17-7-3-4-8-18(17)16-29-12-6-11-27-29/h3-13H,2,14-16H2,1H3,(H,28,30)(H2,24,25,26). The molecule has 7 nitrogen and oxygen atoms in total. The molecule has 0 fully saturated rings. The van der Waals surface area contributed by atoms with Crippen LogP contribution in [0.15, 0.2) is 72.0 Å². The largest absolute Gasteiger partial charge is 0.357 e. The Morgan fingerprint density at radius 3 is 2.67 bits per heavy atom. The molecule has 0 saturated heterocycles. The van der Waals surface area contributed by atoms with Gasteiger partial charge in [0, 0.05) is 24.6 Å². The van der Waals surface area contributed by atoms with Crippen molar-refractivity contribution in [3.8, 4) is 0 Å². The van der Waals surface area contributed by atoms with E-state index < -0.39 is 5.82 Å². The molecule has 0 saturated carbocycles. The monoisotopic (exact) mass is 408 g/mol. The Balaban J connectivity index is 1.60. The van der Waals surface area contributed by atoms with Crippen molar-refractivity contribution in [2.45, 2.75) is 20.0 Å². The van der Waals surface area contributed by atoms with Crippen LogP contribution in [0.4, 0.5) is 10.1 Å². The molecule has 1 heterocycles. The van der Waals surface area contributed by atoms with E-state index in [2.05, 4.69) is 32.1 Å². The molecular weight excluding hydrogens is 383 g/mol. The lowest BCUT2D eigenvalue weighted by Crippen LogP contribution is -2.41. The number of amides is 1. The highest BCUT2D eigenvalue weighted by molar-refractivity contribution is 5.94. The van der Waals surface area contributed by atoms with Crippen LogP contribution in [0.2, 0.25) is 0 Å². The van der Waals surface area contributed by atoms with Gasteiger partial charge in [0.05, 0.1) is 19.6 Å². The minimum Gasteiger partial charge on any atom is -0.357 e. The SMILES string of the molecule is CCNC(=NCc1ccccc1Cn1cccn1)NCC(=O)Nc1cccc(F)c1. The summed E-state index contributed by atoms with van der Waals surface area (Å²) in [5.74, 6) is -0.157. The normalized spacial score (nSPS) is 11.2. The van der Waals surface area contributed by atoms with Crippen molar-refractivity contribution in [1.82, 2.24) is 20.4 Å². The lowest BCUT2D eigenvalue weighted by atomic mass is 10.1. The first kappa shape index (κ1) is 21.0. The molecule has 0 unspecified atom stereocenters. The Hall–Kier alpha value is -3.68. The lowest BCUT2D eigenvalue weighted by Gasteiger charge is -2.13. The van der Waals surface area contributed by atoms with Gasteiger partial charge in [0.1, 0.15) is 5.82 Å². The summed E-state index contributed by atoms with van der Waals surface area (Å²) in [5.41, 5.74) is 2.62. The number of rotatable bonds is 8. The Morgan fingerprint density at radius 2 is 1.93 bits per heavy atom. The van der Waals surface area contributed by atoms with Crippen molar-refractivity contribution < 1.29 is 9.18 Å². The molecule has 30 heavy (non-hydrogen) atoms. The van der Waals surface area contributed by atoms with Gasteiger partial charge < -0.3 is 16.0 Å². The molecule has 2 aromatic carbocycles. The van der Waals surface area contributed by atoms with E-state index in [1.54, 1.807) is 18.3 Å². The quantitative estimate of drug-likeness (QED) is 0.395. The predicted molar refractivity (Wildman–Crippen MR) is 116 cm³/mol. The number of benzene rings is 2. The van der Waals surface area contributed by atoms with Gasteiger partial charge in [0.2, 0.25) is 5.91 Å². The van der Waals surface area contributed by atoms with E-state index in [1.165, 1.54) is 12.1 Å². The lowest BCUT2D eigenvalue weighted by molar-refractivity contribution is -0.115. The van der Waals surface area contributed by atoms with Crippen molar-refractivity contribution in [3.05, 3.63) is 83.9 Å². The number of hydrogen-bond acceptors (Lipinski definition) is 3. The molecule has 0 aliphatic carbocycles. The molecule has 0 radical (unpaired) electrons. The number of nitrogens with zero attached hydrogens (tertiary/aromatic N) is 3. The van der Waals surface area contributed by atoms with Crippen LogP contribution in [-0.4, -0.2) is 34.7 Å². The number of aromatic nitrogens is 2. The van der Waals surface area contributed by atoms with Crippen LogP contribution >= 0.6 is 0 Å². The average Bonchev–Trinajstić information content (AvgIpc) is 3.24. The molecule has 0 aliphatic rings. The van der Waals surface area contributed by atoms with Crippen molar-refractivity contribution in [3.63, 3.8) is 0 Å². The Morgan fingerprint density at radius 1 is 1.10 bits per heavy atom. The molecule has 1 amide bonds. The molecule has 8 heteroatoms. The number of aliphatic imine (C=N–C) groups is 1. The summed E-state index contributed by atoms with van der Waals surface area (Å²) in [4.78, 5) is 16.7. The van der Waals surface area contributed by atoms with Gasteiger partial charge in [-0.1, -0.05) is 30.3 Å². The van der Waals surface area contributed by atoms with Gasteiger partial charge in [-0.3, -0.25) is 9.48 Å². The summed E-state index contributed by atoms with van der Waals surface area (Å²) < 4.78 is 15.1. The topological polar surface area (TPSA) is 83.3 Å². The number of anilines is 1. The third-order valence-electron chi connectivity index (χ3n) is 4.29. The fraction of sp³-hybridized carbons (Fsp3) is 0.227. The Kier molecular flexibility index (Phi) is 7.54. The number of carbonyl (C=O) groups excluding carboxylic acids is 1. The van der Waals surface area contributed by atoms with Gasteiger partial charge in [-0.25, -0.2) is 9.38 Å². The van der Waals surface area contributed by atoms with Crippen molar-refractivity contribution in [2.24, 2.45) is 4.99 Å². The van der Waals surface area contributed by atoms with E-state index in [-0.39, 0.29) is 12.5 Å². The fourth-order valence-electron chi connectivity index (χ4n) is 2.88. The molecule has 0 spiro atoms. The third-order valence-corrected chi connectivity index (χ3v) is 4.29. The van der Waals surface area contributed by atoms with Crippen LogP contribution in [0.1, 0.15) is 18.1 Å². The molecule has 0 aliphatic heterocycles. The van der Waals surface area contributed by atoms with Crippen molar-refractivity contribution in [2.75, 3.05) is 18.4 Å². The van der Waals surface area contributed by atoms with Crippen molar-refractivity contribution >= 4 is 17.6 Å². The van der Waals surface area contributed by atoms with E-state index >= 15 is 0 Å². The van der Waals surface area contributed by atoms with Gasteiger partial charge >= 0.3 is 0 Å². The van der Waals surface area contributed by atoms with Crippen molar-refractivity contribution in [1.29, 1.82) is 0 Å². The van der Waals surface area contributed by atoms with E-state index in [4.69, 9.17) is 0 Å². The summed E-state index contributed by atoms with van der Waals surface area (Å²) in [6, 6.07) is 15.7. The summed E-state index contributed by atoms with van der Waals surface area (Å²) in [6.07, 6.45) is 3.67. The third kappa shape index (κ3) is 6.44. The minimum atomic E-state index is -0.399. The van der Waals surface area contributed by atoms with E-state index in [0.29, 0.717) is 31.3 Å². The number of hydrogen-bond donors (Lipinski definition) is 3. The van der Waals surface area contributed by atoms with Crippen LogP contribution < -0.4 is 16.0 Å². The van der Waals surface area contributed by atoms with Crippen LogP contribution in [0, 0.1) is 5.82 Å². The second kappa shape index (κ2) is 10.8. The first-order valence-corrected chi connectivity index (χ1v) is 9.76. The van der Waals surface area contributed by atoms with Crippen LogP contribution in [-0.2, 0) is 17.9 Å². The predicted octanol–water partition coefficient (Wildman–Crippen LogP) is 2.76. The van der Waals surface area contributed by atoms with E-state index in [9.17, 15) is 9.18 Å². The summed E-state index contributed by atoms with van der Waals surface area (Å²) in [7, 11) is 0. The van der Waals surface area contributed by atoms with Gasteiger partial charge in [-0.05, 0) is 42.3 Å². The maximum atomic E-state index is 13.2. The molecule has 3 aromatic rings. The number of carbonyl (C=O) groups is 1. The highest BCUT2D eigenvalue weighted by Crippen LogP contribution is 2.12. The zero-order valence-electron chi connectivity index (χ0n) is 16.8. The zero-order chi connectivity index (χ0) is 21.2. The van der Waals surface area contributed by atoms with E-state index in [0.717, 1.165) is 11.1 Å². The molecule has 0 atom stereocenters. The van der Waals surface area contributed by atoms with Gasteiger partial charge in [0.25, 0.3) is 0 Å². The molecule has 3 N–H and O–H groups in total. The van der Waals surface area contributed by atoms with Gasteiger partial charge in [0.15, 0.2) is 5.96 Å². The zero-order valence-corrected chi connectivity index (χ0v) is 16.8. The van der Waals surface area contributed by atoms with Crippen LogP contribution in [0.5, 0.6) is 0 Å². The maximum absolute atomic E-state index is 13.2. The molecule has 0 bridgehead atoms. The Labute approximate surface area is 175 Å². The Bertz CT molecular complexity index is 987. The number of nitrogens with one attached hydrogen (secondary N) is 3. The summed E-state index contributed by atoms with van der Waals surface area (Å²) in [5, 5.41) is 13.0. The van der Waals surface area contributed by atoms with Crippen LogP contribution in [0.25, 0.3) is 0 Å². The minimum absolute atomic E-state index is 0.0112. The van der Waals surface area contributed by atoms with E-state index in [1.807, 2.05) is 42.1 Å². The molecule has 156 valence electrons. The first-order chi connectivity index (χ1) is 14.6. The average molecular weight is 408 g/mol. The summed E-state index contributed by atoms with van der Waals surface area (Å²) in [6.45, 7) is 3.75. The highest BCUT2D eigenvalue weighted by Gasteiger charge is 2.07. The summed E-state index contributed by atoms with van der Waals surface area (Å²) >= 11 is 0. The molecular formula is C22H25FN6O. The fourth-order valence-corrected chi connectivity index (χ4v) is 2.88. The highest BCUT2D eigenvalue weighted by atomic mass is 19.1. The van der Waals surface area contributed by atoms with Crippen LogP contribution in [0.3, 0.4) is 0 Å². The maximum Gasteiger partial charge on any atom is 0.243 e. The molecule has 1 aromatic heterocycles. The number of guanidine groups is 1. The number of halogens is 1. The van der Waals surface area contributed by atoms with Gasteiger partial charge in [-0.15, -0.1) is 0 Å². The molecule has 3 rings (SSSR count). The second-order valence-corrected chi connectivity index (χ2v) is 6.58. The smallest absolute Gasteiger partial charge is 0.243 e. The second-order valence-electron chi connectivity index (χ2n) is 6.58. The first-order valence-electron chi connectivity index (χ1n) is 9.76.